The van der Waals surface area contributed by atoms with E-state index in [2.05, 4.69) is 0 Å². The van der Waals surface area contributed by atoms with Crippen LogP contribution in [0.3, 0.4) is 0 Å². The molecule has 0 atom stereocenters. The molecule has 104 valence electrons. The molecule has 0 aliphatic rings. The fraction of sp³-hybridized carbons (Fsp3) is 0.133. The van der Waals surface area contributed by atoms with Gasteiger partial charge < -0.3 is 10.5 Å². The van der Waals surface area contributed by atoms with Gasteiger partial charge in [0.15, 0.2) is 11.6 Å². The van der Waals surface area contributed by atoms with Crippen molar-refractivity contribution in [1.29, 1.82) is 0 Å². The first-order chi connectivity index (χ1) is 9.63. The van der Waals surface area contributed by atoms with Crippen LogP contribution < -0.4 is 10.5 Å². The van der Waals surface area contributed by atoms with Crippen molar-refractivity contribution in [2.24, 2.45) is 5.73 Å². The molecule has 2 aromatic rings. The van der Waals surface area contributed by atoms with E-state index in [0.717, 1.165) is 10.6 Å². The van der Waals surface area contributed by atoms with E-state index < -0.39 is 5.82 Å². The summed E-state index contributed by atoms with van der Waals surface area (Å²) >= 11 is 6.71. The first kappa shape index (κ1) is 14.8. The maximum absolute atomic E-state index is 13.7. The van der Waals surface area contributed by atoms with Crippen LogP contribution in [0.15, 0.2) is 47.4 Å². The molecule has 0 unspecified atom stereocenters. The molecule has 0 saturated carbocycles. The Kier molecular flexibility index (Phi) is 4.98. The number of hydrogen-bond acceptors (Lipinski definition) is 3. The Hall–Kier alpha value is -1.59. The first-order valence-corrected chi connectivity index (χ1v) is 7.51. The van der Waals surface area contributed by atoms with Gasteiger partial charge in [0.1, 0.15) is 10.7 Å². The van der Waals surface area contributed by atoms with E-state index in [4.69, 9.17) is 22.7 Å². The van der Waals surface area contributed by atoms with E-state index in [9.17, 15) is 4.39 Å². The second-order valence-electron chi connectivity index (χ2n) is 3.96. The van der Waals surface area contributed by atoms with Crippen LogP contribution >= 0.6 is 24.0 Å². The molecule has 2 nitrogen and oxygen atoms in total. The zero-order valence-corrected chi connectivity index (χ0v) is 12.6. The van der Waals surface area contributed by atoms with Crippen LogP contribution in [0.4, 0.5) is 4.39 Å². The number of thioether (sulfide) groups is 1. The monoisotopic (exact) mass is 307 g/mol. The molecule has 0 aliphatic carbocycles. The van der Waals surface area contributed by atoms with E-state index in [1.165, 1.54) is 6.07 Å². The number of hydrogen-bond donors (Lipinski definition) is 1. The van der Waals surface area contributed by atoms with Gasteiger partial charge in [-0.05, 0) is 30.0 Å². The molecule has 0 spiro atoms. The predicted octanol–water partition coefficient (Wildman–Crippen LogP) is 4.36. The van der Waals surface area contributed by atoms with Crippen molar-refractivity contribution in [2.45, 2.75) is 11.8 Å². The summed E-state index contributed by atoms with van der Waals surface area (Å²) in [7, 11) is 0. The third-order valence-electron chi connectivity index (χ3n) is 2.59. The Morgan fingerprint density at radius 2 is 1.90 bits per heavy atom. The van der Waals surface area contributed by atoms with Crippen LogP contribution in [0, 0.1) is 5.82 Å². The zero-order valence-electron chi connectivity index (χ0n) is 10.9. The SMILES string of the molecule is CCSc1cccc(Oc2ccccc2F)c1C(N)=S. The molecular weight excluding hydrogens is 293 g/mol. The number of thiocarbonyl (C=S) groups is 1. The smallest absolute Gasteiger partial charge is 0.165 e. The summed E-state index contributed by atoms with van der Waals surface area (Å²) in [4.78, 5) is 1.18. The maximum atomic E-state index is 13.7. The summed E-state index contributed by atoms with van der Waals surface area (Å²) in [5.74, 6) is 1.10. The Morgan fingerprint density at radius 3 is 2.55 bits per heavy atom. The number of rotatable bonds is 5. The Balaban J connectivity index is 2.44. The fourth-order valence-electron chi connectivity index (χ4n) is 1.76. The van der Waals surface area contributed by atoms with Gasteiger partial charge in [-0.1, -0.05) is 37.3 Å². The summed E-state index contributed by atoms with van der Waals surface area (Å²) in [5.41, 5.74) is 6.43. The second-order valence-corrected chi connectivity index (χ2v) is 5.70. The van der Waals surface area contributed by atoms with Crippen molar-refractivity contribution in [3.8, 4) is 11.5 Å². The Morgan fingerprint density at radius 1 is 1.20 bits per heavy atom. The molecule has 2 N–H and O–H groups in total. The molecule has 0 bridgehead atoms. The summed E-state index contributed by atoms with van der Waals surface area (Å²) < 4.78 is 19.3. The lowest BCUT2D eigenvalue weighted by molar-refractivity contribution is 0.440. The molecule has 0 aliphatic heterocycles. The minimum absolute atomic E-state index is 0.156. The van der Waals surface area contributed by atoms with Gasteiger partial charge in [-0.15, -0.1) is 11.8 Å². The molecule has 2 aromatic carbocycles. The second kappa shape index (κ2) is 6.72. The van der Waals surface area contributed by atoms with Gasteiger partial charge in [0.2, 0.25) is 0 Å². The number of benzene rings is 2. The summed E-state index contributed by atoms with van der Waals surface area (Å²) in [6, 6.07) is 11.7. The normalized spacial score (nSPS) is 10.3. The van der Waals surface area contributed by atoms with Crippen molar-refractivity contribution in [3.05, 3.63) is 53.8 Å². The topological polar surface area (TPSA) is 35.2 Å². The van der Waals surface area contributed by atoms with E-state index in [1.807, 2.05) is 19.1 Å². The number of ether oxygens (including phenoxy) is 1. The average Bonchev–Trinajstić information content (AvgIpc) is 2.41. The average molecular weight is 307 g/mol. The molecule has 2 rings (SSSR count). The minimum atomic E-state index is -0.421. The van der Waals surface area contributed by atoms with Crippen molar-refractivity contribution in [1.82, 2.24) is 0 Å². The van der Waals surface area contributed by atoms with Gasteiger partial charge in [-0.25, -0.2) is 4.39 Å². The van der Waals surface area contributed by atoms with Crippen molar-refractivity contribution < 1.29 is 9.13 Å². The zero-order chi connectivity index (χ0) is 14.5. The van der Waals surface area contributed by atoms with E-state index in [0.29, 0.717) is 11.3 Å². The standard InChI is InChI=1S/C15H14FNOS2/c1-2-20-13-9-5-8-12(14(13)15(17)19)18-11-7-4-3-6-10(11)16/h3-9H,2H2,1H3,(H2,17,19). The maximum Gasteiger partial charge on any atom is 0.165 e. The lowest BCUT2D eigenvalue weighted by atomic mass is 10.2. The van der Waals surface area contributed by atoms with Crippen molar-refractivity contribution in [3.63, 3.8) is 0 Å². The van der Waals surface area contributed by atoms with Crippen LogP contribution in [-0.2, 0) is 0 Å². The highest BCUT2D eigenvalue weighted by molar-refractivity contribution is 7.99. The molecular formula is C15H14FNOS2. The van der Waals surface area contributed by atoms with Crippen LogP contribution in [0.5, 0.6) is 11.5 Å². The van der Waals surface area contributed by atoms with Crippen LogP contribution in [0.25, 0.3) is 0 Å². The number of halogens is 1. The van der Waals surface area contributed by atoms with Crippen LogP contribution in [0.2, 0.25) is 0 Å². The first-order valence-electron chi connectivity index (χ1n) is 6.11. The van der Waals surface area contributed by atoms with Gasteiger partial charge in [0, 0.05) is 4.90 Å². The Labute approximate surface area is 127 Å². The number of nitrogens with two attached hydrogens (primary N) is 1. The van der Waals surface area contributed by atoms with Gasteiger partial charge in [0.05, 0.1) is 5.56 Å². The highest BCUT2D eigenvalue weighted by atomic mass is 32.2. The van der Waals surface area contributed by atoms with E-state index in [-0.39, 0.29) is 10.7 Å². The fourth-order valence-corrected chi connectivity index (χ4v) is 2.88. The lowest BCUT2D eigenvalue weighted by Crippen LogP contribution is -2.12. The molecule has 0 aromatic heterocycles. The molecule has 0 radical (unpaired) electrons. The van der Waals surface area contributed by atoms with Gasteiger partial charge in [0.25, 0.3) is 0 Å². The largest absolute Gasteiger partial charge is 0.454 e. The van der Waals surface area contributed by atoms with E-state index >= 15 is 0 Å². The number of para-hydroxylation sites is 1. The highest BCUT2D eigenvalue weighted by Gasteiger charge is 2.14. The van der Waals surface area contributed by atoms with Crippen LogP contribution in [0.1, 0.15) is 12.5 Å². The molecule has 20 heavy (non-hydrogen) atoms. The van der Waals surface area contributed by atoms with Gasteiger partial charge in [-0.2, -0.15) is 0 Å². The predicted molar refractivity (Wildman–Crippen MR) is 85.2 cm³/mol. The molecule has 0 saturated heterocycles. The van der Waals surface area contributed by atoms with Crippen molar-refractivity contribution in [2.75, 3.05) is 5.75 Å². The summed E-state index contributed by atoms with van der Waals surface area (Å²) in [5, 5.41) is 0. The third-order valence-corrected chi connectivity index (χ3v) is 3.73. The lowest BCUT2D eigenvalue weighted by Gasteiger charge is -2.14. The molecule has 0 heterocycles. The summed E-state index contributed by atoms with van der Waals surface area (Å²) in [6.45, 7) is 2.04. The Bertz CT molecular complexity index is 631. The molecule has 0 fully saturated rings. The van der Waals surface area contributed by atoms with E-state index in [1.54, 1.807) is 36.0 Å². The van der Waals surface area contributed by atoms with Crippen LogP contribution in [-0.4, -0.2) is 10.7 Å². The minimum Gasteiger partial charge on any atom is -0.454 e. The summed E-state index contributed by atoms with van der Waals surface area (Å²) in [6.07, 6.45) is 0. The highest BCUT2D eigenvalue weighted by Crippen LogP contribution is 2.33. The third kappa shape index (κ3) is 3.29. The quantitative estimate of drug-likeness (QED) is 0.657. The van der Waals surface area contributed by atoms with Gasteiger partial charge in [-0.3, -0.25) is 0 Å². The molecule has 5 heteroatoms. The van der Waals surface area contributed by atoms with Crippen molar-refractivity contribution >= 4 is 29.0 Å². The molecule has 0 amide bonds. The van der Waals surface area contributed by atoms with Gasteiger partial charge >= 0.3 is 0 Å².